The molecule has 2 bridgehead atoms. The summed E-state index contributed by atoms with van der Waals surface area (Å²) in [7, 11) is 2.18. The average molecular weight is 276 g/mol. The van der Waals surface area contributed by atoms with E-state index in [0.717, 1.165) is 30.6 Å². The summed E-state index contributed by atoms with van der Waals surface area (Å²) in [4.78, 5) is 17.3. The van der Waals surface area contributed by atoms with Crippen LogP contribution in [-0.4, -0.2) is 46.9 Å². The first-order valence-electron chi connectivity index (χ1n) is 7.59. The van der Waals surface area contributed by atoms with E-state index in [1.165, 1.54) is 0 Å². The van der Waals surface area contributed by atoms with E-state index in [-0.39, 0.29) is 5.91 Å². The molecule has 20 heavy (non-hydrogen) atoms. The number of carbonyl (C=O) groups excluding carboxylic acids is 1. The molecule has 0 saturated carbocycles. The molecule has 3 rings (SSSR count). The van der Waals surface area contributed by atoms with Crippen LogP contribution in [0.4, 0.5) is 0 Å². The molecule has 2 fully saturated rings. The van der Waals surface area contributed by atoms with E-state index in [1.807, 2.05) is 6.92 Å². The third-order valence-electron chi connectivity index (χ3n) is 5.17. The minimum absolute atomic E-state index is 0.156. The highest BCUT2D eigenvalue weighted by molar-refractivity contribution is 5.96. The molecule has 0 aromatic carbocycles. The van der Waals surface area contributed by atoms with E-state index >= 15 is 0 Å². The summed E-state index contributed by atoms with van der Waals surface area (Å²) >= 11 is 0. The van der Waals surface area contributed by atoms with Gasteiger partial charge in [-0.2, -0.15) is 0 Å². The standard InChI is InChI=1S/C16H24N2O2/c1-10(2)17(4)15-9-12-5-6-14(15)18(12)16(19)13-7-8-20-11(13)3/h7-8,10,12,14-15H,5-6,9H2,1-4H3/t12?,14?,15-/m1/s1. The fourth-order valence-electron chi connectivity index (χ4n) is 3.84. The van der Waals surface area contributed by atoms with Gasteiger partial charge in [0.25, 0.3) is 5.91 Å². The van der Waals surface area contributed by atoms with Crippen molar-refractivity contribution in [1.82, 2.24) is 9.80 Å². The number of carbonyl (C=O) groups is 1. The van der Waals surface area contributed by atoms with Gasteiger partial charge in [0, 0.05) is 24.2 Å². The number of furan rings is 1. The first kappa shape index (κ1) is 13.7. The van der Waals surface area contributed by atoms with Crippen molar-refractivity contribution in [3.8, 4) is 0 Å². The molecular weight excluding hydrogens is 252 g/mol. The number of rotatable bonds is 3. The normalized spacial score (nSPS) is 28.9. The summed E-state index contributed by atoms with van der Waals surface area (Å²) in [5.74, 6) is 0.887. The van der Waals surface area contributed by atoms with Crippen molar-refractivity contribution in [2.45, 2.75) is 64.2 Å². The van der Waals surface area contributed by atoms with Crippen molar-refractivity contribution in [1.29, 1.82) is 0 Å². The molecule has 4 nitrogen and oxygen atoms in total. The van der Waals surface area contributed by atoms with Gasteiger partial charge in [-0.3, -0.25) is 9.69 Å². The van der Waals surface area contributed by atoms with Gasteiger partial charge in [-0.05, 0) is 53.1 Å². The maximum Gasteiger partial charge on any atom is 0.257 e. The fourth-order valence-corrected chi connectivity index (χ4v) is 3.84. The Labute approximate surface area is 120 Å². The predicted molar refractivity (Wildman–Crippen MR) is 77.7 cm³/mol. The second-order valence-electron chi connectivity index (χ2n) is 6.46. The number of hydrogen-bond acceptors (Lipinski definition) is 3. The highest BCUT2D eigenvalue weighted by Crippen LogP contribution is 2.41. The first-order chi connectivity index (χ1) is 9.50. The van der Waals surface area contributed by atoms with Crippen molar-refractivity contribution in [2.24, 2.45) is 0 Å². The Morgan fingerprint density at radius 2 is 2.20 bits per heavy atom. The summed E-state index contributed by atoms with van der Waals surface area (Å²) in [6.45, 7) is 6.31. The van der Waals surface area contributed by atoms with Crippen LogP contribution in [0.15, 0.2) is 16.7 Å². The number of fused-ring (bicyclic) bond motifs is 2. The topological polar surface area (TPSA) is 36.7 Å². The number of amides is 1. The molecule has 1 aromatic rings. The van der Waals surface area contributed by atoms with E-state index in [1.54, 1.807) is 12.3 Å². The van der Waals surface area contributed by atoms with Crippen LogP contribution in [0.2, 0.25) is 0 Å². The summed E-state index contributed by atoms with van der Waals surface area (Å²) < 4.78 is 5.29. The molecule has 0 N–H and O–H groups in total. The Bertz CT molecular complexity index is 508. The molecule has 3 heterocycles. The molecule has 1 amide bonds. The van der Waals surface area contributed by atoms with Crippen molar-refractivity contribution < 1.29 is 9.21 Å². The van der Waals surface area contributed by atoms with Gasteiger partial charge in [0.2, 0.25) is 0 Å². The van der Waals surface area contributed by atoms with Crippen molar-refractivity contribution >= 4 is 5.91 Å². The van der Waals surface area contributed by atoms with Gasteiger partial charge in [-0.25, -0.2) is 0 Å². The molecule has 2 aliphatic heterocycles. The third-order valence-corrected chi connectivity index (χ3v) is 5.17. The first-order valence-corrected chi connectivity index (χ1v) is 7.59. The van der Waals surface area contributed by atoms with Crippen LogP contribution in [0.25, 0.3) is 0 Å². The molecule has 110 valence electrons. The zero-order valence-corrected chi connectivity index (χ0v) is 12.8. The minimum atomic E-state index is 0.156. The maximum absolute atomic E-state index is 12.8. The van der Waals surface area contributed by atoms with Crippen LogP contribution in [-0.2, 0) is 0 Å². The van der Waals surface area contributed by atoms with Gasteiger partial charge < -0.3 is 9.32 Å². The minimum Gasteiger partial charge on any atom is -0.469 e. The Kier molecular flexibility index (Phi) is 3.36. The Morgan fingerprint density at radius 1 is 1.45 bits per heavy atom. The van der Waals surface area contributed by atoms with Crippen LogP contribution in [0.3, 0.4) is 0 Å². The smallest absolute Gasteiger partial charge is 0.257 e. The lowest BCUT2D eigenvalue weighted by atomic mass is 9.94. The summed E-state index contributed by atoms with van der Waals surface area (Å²) in [6, 6.07) is 3.61. The number of hydrogen-bond donors (Lipinski definition) is 0. The molecular formula is C16H24N2O2. The van der Waals surface area contributed by atoms with Crippen molar-refractivity contribution in [3.05, 3.63) is 23.7 Å². The van der Waals surface area contributed by atoms with Gasteiger partial charge in [0.15, 0.2) is 0 Å². The molecule has 2 unspecified atom stereocenters. The van der Waals surface area contributed by atoms with Gasteiger partial charge in [-0.15, -0.1) is 0 Å². The van der Waals surface area contributed by atoms with Crippen LogP contribution in [0, 0.1) is 6.92 Å². The SMILES string of the molecule is Cc1occc1C(=O)N1C2CCC1[C@H](N(C)C(C)C)C2. The molecule has 0 aliphatic carbocycles. The summed E-state index contributed by atoms with van der Waals surface area (Å²) in [5, 5.41) is 0. The lowest BCUT2D eigenvalue weighted by Gasteiger charge is -2.34. The lowest BCUT2D eigenvalue weighted by molar-refractivity contribution is 0.0692. The second-order valence-corrected chi connectivity index (χ2v) is 6.46. The monoisotopic (exact) mass is 276 g/mol. The predicted octanol–water partition coefficient (Wildman–Crippen LogP) is 2.67. The van der Waals surface area contributed by atoms with Gasteiger partial charge in [-0.1, -0.05) is 0 Å². The largest absolute Gasteiger partial charge is 0.469 e. The fraction of sp³-hybridized carbons (Fsp3) is 0.688. The number of nitrogens with zero attached hydrogens (tertiary/aromatic N) is 2. The quantitative estimate of drug-likeness (QED) is 0.851. The number of aryl methyl sites for hydroxylation is 1. The summed E-state index contributed by atoms with van der Waals surface area (Å²) in [5.41, 5.74) is 0.731. The molecule has 1 aromatic heterocycles. The van der Waals surface area contributed by atoms with E-state index in [4.69, 9.17) is 4.42 Å². The van der Waals surface area contributed by atoms with Crippen LogP contribution in [0.5, 0.6) is 0 Å². The molecule has 0 spiro atoms. The Balaban J connectivity index is 1.82. The van der Waals surface area contributed by atoms with E-state index in [2.05, 4.69) is 30.7 Å². The highest BCUT2D eigenvalue weighted by atomic mass is 16.3. The molecule has 4 heteroatoms. The Hall–Kier alpha value is -1.29. The molecule has 3 atom stereocenters. The molecule has 2 aliphatic rings. The third kappa shape index (κ3) is 1.97. The molecule has 0 radical (unpaired) electrons. The summed E-state index contributed by atoms with van der Waals surface area (Å²) in [6.07, 6.45) is 5.00. The Morgan fingerprint density at radius 3 is 2.80 bits per heavy atom. The van der Waals surface area contributed by atoms with Crippen LogP contribution < -0.4 is 0 Å². The maximum atomic E-state index is 12.8. The zero-order valence-electron chi connectivity index (χ0n) is 12.8. The highest BCUT2D eigenvalue weighted by Gasteiger charge is 2.50. The second kappa shape index (κ2) is 4.92. The van der Waals surface area contributed by atoms with E-state index in [0.29, 0.717) is 24.2 Å². The average Bonchev–Trinajstić information content (AvgIpc) is 3.10. The lowest BCUT2D eigenvalue weighted by Crippen LogP contribution is -2.46. The molecule has 2 saturated heterocycles. The van der Waals surface area contributed by atoms with Gasteiger partial charge >= 0.3 is 0 Å². The zero-order chi connectivity index (χ0) is 14.4. The van der Waals surface area contributed by atoms with Gasteiger partial charge in [0.1, 0.15) is 5.76 Å². The van der Waals surface area contributed by atoms with Crippen LogP contribution in [0.1, 0.15) is 49.2 Å². The number of likely N-dealkylation sites (N-methyl/N-ethyl adjacent to an activating group) is 1. The van der Waals surface area contributed by atoms with E-state index < -0.39 is 0 Å². The van der Waals surface area contributed by atoms with E-state index in [9.17, 15) is 4.79 Å². The van der Waals surface area contributed by atoms with Gasteiger partial charge in [0.05, 0.1) is 11.8 Å². The van der Waals surface area contributed by atoms with Crippen molar-refractivity contribution in [2.75, 3.05) is 7.05 Å². The van der Waals surface area contributed by atoms with Crippen LogP contribution >= 0.6 is 0 Å². The van der Waals surface area contributed by atoms with Crippen molar-refractivity contribution in [3.63, 3.8) is 0 Å².